The molecule has 9 heteroatoms. The number of carbonyl (C=O) groups excluding carboxylic acids is 4. The van der Waals surface area contributed by atoms with Crippen molar-refractivity contribution in [2.75, 3.05) is 5.32 Å². The van der Waals surface area contributed by atoms with Gasteiger partial charge in [0.15, 0.2) is 0 Å². The van der Waals surface area contributed by atoms with Gasteiger partial charge in [0.25, 0.3) is 0 Å². The Hall–Kier alpha value is -2.45. The molecule has 3 aliphatic heterocycles. The molecule has 0 saturated carbocycles. The number of nitrogens with two attached hydrogens (primary N) is 1. The van der Waals surface area contributed by atoms with Gasteiger partial charge in [-0.25, -0.2) is 0 Å². The molecule has 0 bridgehead atoms. The summed E-state index contributed by atoms with van der Waals surface area (Å²) in [4.78, 5) is 52.6. The lowest BCUT2D eigenvalue weighted by molar-refractivity contribution is -0.147. The topological polar surface area (TPSA) is 122 Å². The normalized spacial score (nSPS) is 31.4. The van der Waals surface area contributed by atoms with E-state index in [0.29, 0.717) is 16.3 Å². The molecule has 4 rings (SSSR count). The van der Waals surface area contributed by atoms with Crippen LogP contribution in [0.1, 0.15) is 32.8 Å². The number of rotatable bonds is 2. The van der Waals surface area contributed by atoms with E-state index < -0.39 is 52.6 Å². The van der Waals surface area contributed by atoms with Crippen LogP contribution in [0.4, 0.5) is 5.69 Å². The van der Waals surface area contributed by atoms with Gasteiger partial charge in [-0.3, -0.25) is 29.4 Å². The smallest absolute Gasteiger partial charge is 0.250 e. The summed E-state index contributed by atoms with van der Waals surface area (Å²) in [5.74, 6) is -3.77. The molecule has 4 N–H and O–H groups in total. The highest BCUT2D eigenvalue weighted by atomic mass is 35.5. The van der Waals surface area contributed by atoms with Crippen LogP contribution in [0.5, 0.6) is 0 Å². The summed E-state index contributed by atoms with van der Waals surface area (Å²) < 4.78 is 0. The molecule has 4 atom stereocenters. The Kier molecular flexibility index (Phi) is 3.90. The van der Waals surface area contributed by atoms with Gasteiger partial charge in [0, 0.05) is 23.6 Å². The van der Waals surface area contributed by atoms with Crippen molar-refractivity contribution < 1.29 is 19.2 Å². The zero-order chi connectivity index (χ0) is 20.6. The van der Waals surface area contributed by atoms with Gasteiger partial charge in [-0.2, -0.15) is 0 Å². The Labute approximate surface area is 166 Å². The first-order valence-electron chi connectivity index (χ1n) is 9.04. The summed E-state index contributed by atoms with van der Waals surface area (Å²) in [6, 6.07) is 4.29. The van der Waals surface area contributed by atoms with E-state index in [9.17, 15) is 19.2 Å². The van der Waals surface area contributed by atoms with E-state index in [2.05, 4.69) is 10.6 Å². The lowest BCUT2D eigenvalue weighted by Gasteiger charge is -2.34. The maximum absolute atomic E-state index is 13.4. The Bertz CT molecular complexity index is 940. The number of para-hydroxylation sites is 1. The van der Waals surface area contributed by atoms with Gasteiger partial charge in [-0.1, -0.05) is 23.7 Å². The third-order valence-electron chi connectivity index (χ3n) is 5.79. The lowest BCUT2D eigenvalue weighted by atomic mass is 9.76. The fraction of sp³-hybridized carbons (Fsp3) is 0.474. The van der Waals surface area contributed by atoms with Crippen LogP contribution in [0.2, 0.25) is 5.02 Å². The third kappa shape index (κ3) is 2.28. The summed E-state index contributed by atoms with van der Waals surface area (Å²) in [6.07, 6.45) is -0.164. The van der Waals surface area contributed by atoms with Crippen LogP contribution < -0.4 is 16.4 Å². The molecule has 2 fully saturated rings. The number of amides is 4. The maximum atomic E-state index is 13.4. The molecule has 148 valence electrons. The summed E-state index contributed by atoms with van der Waals surface area (Å²) >= 11 is 6.25. The Balaban J connectivity index is 1.93. The molecular formula is C19H21ClN4O4. The van der Waals surface area contributed by atoms with Gasteiger partial charge >= 0.3 is 0 Å². The SMILES string of the molecule is CC(C)(C)N1C(=O)[C@H]2[C@@H](C1=O)[C@@]1(N[C@@H]2CC(N)=O)C(=O)Nc2c(Cl)cccc21. The summed E-state index contributed by atoms with van der Waals surface area (Å²) in [5, 5.41) is 6.21. The second-order valence-electron chi connectivity index (χ2n) is 8.53. The number of nitrogens with one attached hydrogen (secondary N) is 2. The van der Waals surface area contributed by atoms with E-state index >= 15 is 0 Å². The molecule has 0 unspecified atom stereocenters. The number of benzene rings is 1. The molecule has 4 amide bonds. The van der Waals surface area contributed by atoms with Crippen molar-refractivity contribution in [3.8, 4) is 0 Å². The number of primary amides is 1. The molecule has 0 aromatic heterocycles. The van der Waals surface area contributed by atoms with E-state index in [0.717, 1.165) is 0 Å². The molecular weight excluding hydrogens is 384 g/mol. The van der Waals surface area contributed by atoms with Gasteiger partial charge < -0.3 is 11.1 Å². The van der Waals surface area contributed by atoms with Crippen LogP contribution in [-0.4, -0.2) is 40.1 Å². The standard InChI is InChI=1S/C19H21ClN4O4/c1-18(2,3)24-15(26)12-10(7-11(21)25)23-19(13(12)16(24)27)8-5-4-6-9(20)14(8)22-17(19)28/h4-6,10,12-13,23H,7H2,1-3H3,(H2,21,25)(H,22,28)/t10-,12-,13+,19-/m1/s1. The number of imide groups is 1. The number of likely N-dealkylation sites (tertiary alicyclic amines) is 1. The summed E-state index contributed by atoms with van der Waals surface area (Å²) in [5.41, 5.74) is 4.07. The number of nitrogens with zero attached hydrogens (tertiary/aromatic N) is 1. The van der Waals surface area contributed by atoms with Crippen LogP contribution >= 0.6 is 11.6 Å². The molecule has 28 heavy (non-hydrogen) atoms. The van der Waals surface area contributed by atoms with Crippen LogP contribution in [0.15, 0.2) is 18.2 Å². The van der Waals surface area contributed by atoms with Gasteiger partial charge in [-0.05, 0) is 26.8 Å². The predicted octanol–water partition coefficient (Wildman–Crippen LogP) is 0.734. The van der Waals surface area contributed by atoms with Gasteiger partial charge in [0.1, 0.15) is 5.54 Å². The fourth-order valence-electron chi connectivity index (χ4n) is 4.85. The first kappa shape index (κ1) is 18.9. The molecule has 8 nitrogen and oxygen atoms in total. The average molecular weight is 405 g/mol. The Morgan fingerprint density at radius 3 is 2.54 bits per heavy atom. The van der Waals surface area contributed by atoms with E-state index in [-0.39, 0.29) is 6.42 Å². The molecule has 3 aliphatic rings. The minimum Gasteiger partial charge on any atom is -0.370 e. The quantitative estimate of drug-likeness (QED) is 0.627. The highest BCUT2D eigenvalue weighted by Crippen LogP contribution is 2.55. The highest BCUT2D eigenvalue weighted by Gasteiger charge is 2.71. The van der Waals surface area contributed by atoms with Crippen molar-refractivity contribution in [3.05, 3.63) is 28.8 Å². The molecule has 0 aliphatic carbocycles. The zero-order valence-corrected chi connectivity index (χ0v) is 16.5. The van der Waals surface area contributed by atoms with Crippen LogP contribution in [0.25, 0.3) is 0 Å². The average Bonchev–Trinajstić information content (AvgIpc) is 3.13. The van der Waals surface area contributed by atoms with E-state index in [1.54, 1.807) is 39.0 Å². The predicted molar refractivity (Wildman–Crippen MR) is 101 cm³/mol. The number of carbonyl (C=O) groups is 4. The minimum absolute atomic E-state index is 0.164. The minimum atomic E-state index is -1.47. The molecule has 3 heterocycles. The molecule has 2 saturated heterocycles. The first-order valence-corrected chi connectivity index (χ1v) is 9.42. The number of fused-ring (bicyclic) bond motifs is 4. The van der Waals surface area contributed by atoms with Crippen molar-refractivity contribution in [3.63, 3.8) is 0 Å². The number of halogens is 1. The number of anilines is 1. The Morgan fingerprint density at radius 2 is 1.93 bits per heavy atom. The monoisotopic (exact) mass is 404 g/mol. The molecule has 1 aromatic carbocycles. The van der Waals surface area contributed by atoms with Crippen molar-refractivity contribution in [1.82, 2.24) is 10.2 Å². The fourth-order valence-corrected chi connectivity index (χ4v) is 5.07. The zero-order valence-electron chi connectivity index (χ0n) is 15.7. The Morgan fingerprint density at radius 1 is 1.25 bits per heavy atom. The van der Waals surface area contributed by atoms with Crippen LogP contribution in [0.3, 0.4) is 0 Å². The summed E-state index contributed by atoms with van der Waals surface area (Å²) in [7, 11) is 0. The molecule has 1 spiro atoms. The molecule has 1 aromatic rings. The van der Waals surface area contributed by atoms with Crippen molar-refractivity contribution in [2.24, 2.45) is 17.6 Å². The van der Waals surface area contributed by atoms with Crippen molar-refractivity contribution in [2.45, 2.75) is 44.3 Å². The van der Waals surface area contributed by atoms with Crippen LogP contribution in [0, 0.1) is 11.8 Å². The van der Waals surface area contributed by atoms with Crippen molar-refractivity contribution in [1.29, 1.82) is 0 Å². The van der Waals surface area contributed by atoms with Crippen molar-refractivity contribution >= 4 is 40.9 Å². The maximum Gasteiger partial charge on any atom is 0.250 e. The van der Waals surface area contributed by atoms with E-state index in [4.69, 9.17) is 17.3 Å². The van der Waals surface area contributed by atoms with Gasteiger partial charge in [-0.15, -0.1) is 0 Å². The number of hydrogen-bond acceptors (Lipinski definition) is 5. The van der Waals surface area contributed by atoms with Gasteiger partial charge in [0.05, 0.1) is 22.5 Å². The summed E-state index contributed by atoms with van der Waals surface area (Å²) in [6.45, 7) is 5.27. The van der Waals surface area contributed by atoms with E-state index in [1.165, 1.54) is 4.90 Å². The van der Waals surface area contributed by atoms with Crippen LogP contribution in [-0.2, 0) is 24.7 Å². The second-order valence-corrected chi connectivity index (χ2v) is 8.94. The molecule has 0 radical (unpaired) electrons. The lowest BCUT2D eigenvalue weighted by Crippen LogP contribution is -2.56. The largest absolute Gasteiger partial charge is 0.370 e. The van der Waals surface area contributed by atoms with Gasteiger partial charge in [0.2, 0.25) is 23.6 Å². The first-order chi connectivity index (χ1) is 13.0. The highest BCUT2D eigenvalue weighted by molar-refractivity contribution is 6.35. The number of hydrogen-bond donors (Lipinski definition) is 3. The second kappa shape index (κ2) is 5.78. The van der Waals surface area contributed by atoms with E-state index in [1.807, 2.05) is 0 Å². The third-order valence-corrected chi connectivity index (χ3v) is 6.11.